The molecule has 1 fully saturated rings. The molecule has 1 aliphatic heterocycles. The van der Waals surface area contributed by atoms with Gasteiger partial charge in [-0.1, -0.05) is 6.92 Å². The molecule has 6 nitrogen and oxygen atoms in total. The molecule has 1 aliphatic rings. The van der Waals surface area contributed by atoms with E-state index in [1.165, 1.54) is 0 Å². The summed E-state index contributed by atoms with van der Waals surface area (Å²) in [5, 5.41) is 6.88. The summed E-state index contributed by atoms with van der Waals surface area (Å²) in [6.07, 6.45) is 0.755. The third kappa shape index (κ3) is 2.20. The maximum absolute atomic E-state index is 12.3. The molecule has 0 spiro atoms. The van der Waals surface area contributed by atoms with E-state index in [-0.39, 0.29) is 5.91 Å². The number of nitrogens with one attached hydrogen (secondary N) is 1. The van der Waals surface area contributed by atoms with Crippen LogP contribution in [0.4, 0.5) is 5.69 Å². The Kier molecular flexibility index (Phi) is 3.56. The van der Waals surface area contributed by atoms with Gasteiger partial charge in [0.2, 0.25) is 0 Å². The van der Waals surface area contributed by atoms with Gasteiger partial charge in [-0.3, -0.25) is 9.89 Å². The first kappa shape index (κ1) is 12.9. The lowest BCUT2D eigenvalue weighted by atomic mass is 10.1. The first-order chi connectivity index (χ1) is 8.54. The van der Waals surface area contributed by atoms with Crippen LogP contribution in [0.5, 0.6) is 0 Å². The minimum Gasteiger partial charge on any atom is -0.395 e. The zero-order valence-electron chi connectivity index (χ0n) is 11.2. The number of nitrogens with two attached hydrogens (primary N) is 1. The Bertz CT molecular complexity index is 442. The smallest absolute Gasteiger partial charge is 0.276 e. The number of hydrogen-bond acceptors (Lipinski definition) is 4. The number of likely N-dealkylation sites (N-methyl/N-ethyl adjacent to an activating group) is 1. The zero-order valence-corrected chi connectivity index (χ0v) is 11.2. The number of piperazine rings is 1. The second kappa shape index (κ2) is 4.97. The number of carbonyl (C=O) groups is 1. The highest BCUT2D eigenvalue weighted by atomic mass is 16.2. The fourth-order valence-electron chi connectivity index (χ4n) is 2.20. The van der Waals surface area contributed by atoms with Crippen LogP contribution in [0, 0.1) is 0 Å². The van der Waals surface area contributed by atoms with Crippen LogP contribution in [0.1, 0.15) is 30.0 Å². The van der Waals surface area contributed by atoms with Crippen LogP contribution in [0.3, 0.4) is 0 Å². The van der Waals surface area contributed by atoms with Gasteiger partial charge in [0.1, 0.15) is 0 Å². The van der Waals surface area contributed by atoms with E-state index in [0.29, 0.717) is 17.4 Å². The second-order valence-electron chi connectivity index (χ2n) is 4.90. The predicted molar refractivity (Wildman–Crippen MR) is 70.4 cm³/mol. The molecule has 1 unspecified atom stereocenters. The lowest BCUT2D eigenvalue weighted by Crippen LogP contribution is -2.52. The molecule has 100 valence electrons. The quantitative estimate of drug-likeness (QED) is 0.794. The lowest BCUT2D eigenvalue weighted by Gasteiger charge is -2.37. The number of carbonyl (C=O) groups excluding carboxylic acids is 1. The number of amides is 1. The molecule has 1 aromatic heterocycles. The average Bonchev–Trinajstić information content (AvgIpc) is 2.73. The van der Waals surface area contributed by atoms with Crippen molar-refractivity contribution >= 4 is 11.6 Å². The maximum Gasteiger partial charge on any atom is 0.276 e. The van der Waals surface area contributed by atoms with Gasteiger partial charge in [0, 0.05) is 25.7 Å². The van der Waals surface area contributed by atoms with E-state index in [9.17, 15) is 4.79 Å². The van der Waals surface area contributed by atoms with Gasteiger partial charge in [0.05, 0.1) is 11.4 Å². The number of H-pyrrole nitrogens is 1. The highest BCUT2D eigenvalue weighted by molar-refractivity contribution is 5.97. The Morgan fingerprint density at radius 2 is 2.28 bits per heavy atom. The van der Waals surface area contributed by atoms with E-state index in [4.69, 9.17) is 5.73 Å². The Balaban J connectivity index is 2.14. The summed E-state index contributed by atoms with van der Waals surface area (Å²) in [5.74, 6) is -0.0663. The third-order valence-electron chi connectivity index (χ3n) is 3.69. The molecule has 1 amide bonds. The highest BCUT2D eigenvalue weighted by Gasteiger charge is 2.28. The number of hydrogen-bond donors (Lipinski definition) is 2. The van der Waals surface area contributed by atoms with Gasteiger partial charge in [-0.2, -0.15) is 5.10 Å². The van der Waals surface area contributed by atoms with E-state index in [1.807, 2.05) is 11.8 Å². The summed E-state index contributed by atoms with van der Waals surface area (Å²) in [4.78, 5) is 16.4. The summed E-state index contributed by atoms with van der Waals surface area (Å²) >= 11 is 0. The van der Waals surface area contributed by atoms with E-state index in [0.717, 1.165) is 31.7 Å². The van der Waals surface area contributed by atoms with Crippen molar-refractivity contribution in [1.82, 2.24) is 20.0 Å². The standard InChI is InChI=1S/C12H21N5O/c1-4-9-10(13)11(15-14-9)12(18)17-6-5-16(3)8(2)7-17/h8H,4-7,13H2,1-3H3,(H,14,15). The lowest BCUT2D eigenvalue weighted by molar-refractivity contribution is 0.0568. The number of aryl methyl sites for hydroxylation is 1. The topological polar surface area (TPSA) is 78.2 Å². The van der Waals surface area contributed by atoms with E-state index >= 15 is 0 Å². The van der Waals surface area contributed by atoms with Gasteiger partial charge in [-0.15, -0.1) is 0 Å². The summed E-state index contributed by atoms with van der Waals surface area (Å²) in [6.45, 7) is 6.44. The Morgan fingerprint density at radius 3 is 2.83 bits per heavy atom. The minimum atomic E-state index is -0.0663. The van der Waals surface area contributed by atoms with E-state index in [2.05, 4.69) is 29.1 Å². The number of nitrogen functional groups attached to an aromatic ring is 1. The SMILES string of the molecule is CCc1[nH]nc(C(=O)N2CCN(C)C(C)C2)c1N. The fraction of sp³-hybridized carbons (Fsp3) is 0.667. The van der Waals surface area contributed by atoms with Gasteiger partial charge in [-0.25, -0.2) is 0 Å². The van der Waals surface area contributed by atoms with Crippen LogP contribution in [0.2, 0.25) is 0 Å². The molecule has 0 bridgehead atoms. The highest BCUT2D eigenvalue weighted by Crippen LogP contribution is 2.18. The Hall–Kier alpha value is -1.56. The van der Waals surface area contributed by atoms with Gasteiger partial charge in [0.15, 0.2) is 5.69 Å². The van der Waals surface area contributed by atoms with Gasteiger partial charge >= 0.3 is 0 Å². The van der Waals surface area contributed by atoms with Crippen molar-refractivity contribution in [3.05, 3.63) is 11.4 Å². The molecule has 2 rings (SSSR count). The molecule has 1 atom stereocenters. The van der Waals surface area contributed by atoms with Crippen LogP contribution in [-0.4, -0.2) is 58.6 Å². The third-order valence-corrected chi connectivity index (χ3v) is 3.69. The maximum atomic E-state index is 12.3. The van der Waals surface area contributed by atoms with Crippen molar-refractivity contribution < 1.29 is 4.79 Å². The number of rotatable bonds is 2. The number of aromatic nitrogens is 2. The van der Waals surface area contributed by atoms with Crippen LogP contribution in [0.25, 0.3) is 0 Å². The normalized spacial score (nSPS) is 21.3. The van der Waals surface area contributed by atoms with Crippen LogP contribution in [0.15, 0.2) is 0 Å². The molecule has 6 heteroatoms. The molecule has 18 heavy (non-hydrogen) atoms. The van der Waals surface area contributed by atoms with Gasteiger partial charge < -0.3 is 15.5 Å². The number of nitrogens with zero attached hydrogens (tertiary/aromatic N) is 3. The molecular formula is C12H21N5O. The van der Waals surface area contributed by atoms with E-state index < -0.39 is 0 Å². The summed E-state index contributed by atoms with van der Waals surface area (Å²) in [5.41, 5.74) is 7.62. The molecular weight excluding hydrogens is 230 g/mol. The minimum absolute atomic E-state index is 0.0663. The van der Waals surface area contributed by atoms with Crippen molar-refractivity contribution in [2.24, 2.45) is 0 Å². The van der Waals surface area contributed by atoms with Crippen molar-refractivity contribution in [3.8, 4) is 0 Å². The van der Waals surface area contributed by atoms with Crippen LogP contribution < -0.4 is 5.73 Å². The molecule has 0 saturated carbocycles. The van der Waals surface area contributed by atoms with E-state index in [1.54, 1.807) is 0 Å². The second-order valence-corrected chi connectivity index (χ2v) is 4.90. The van der Waals surface area contributed by atoms with Gasteiger partial charge in [0.25, 0.3) is 5.91 Å². The summed E-state index contributed by atoms with van der Waals surface area (Å²) in [7, 11) is 2.07. The molecule has 3 N–H and O–H groups in total. The fourth-order valence-corrected chi connectivity index (χ4v) is 2.20. The van der Waals surface area contributed by atoms with Crippen LogP contribution >= 0.6 is 0 Å². The molecule has 1 saturated heterocycles. The monoisotopic (exact) mass is 251 g/mol. The largest absolute Gasteiger partial charge is 0.395 e. The molecule has 0 aliphatic carbocycles. The average molecular weight is 251 g/mol. The molecule has 1 aromatic rings. The molecule has 0 aromatic carbocycles. The number of anilines is 1. The van der Waals surface area contributed by atoms with Gasteiger partial charge in [-0.05, 0) is 20.4 Å². The molecule has 2 heterocycles. The Morgan fingerprint density at radius 1 is 1.56 bits per heavy atom. The number of aromatic amines is 1. The summed E-state index contributed by atoms with van der Waals surface area (Å²) in [6, 6.07) is 0.369. The Labute approximate surface area is 107 Å². The predicted octanol–water partition coefficient (Wildman–Crippen LogP) is 0.330. The first-order valence-corrected chi connectivity index (χ1v) is 6.36. The van der Waals surface area contributed by atoms with Crippen molar-refractivity contribution in [2.75, 3.05) is 32.4 Å². The molecule has 0 radical (unpaired) electrons. The van der Waals surface area contributed by atoms with Crippen molar-refractivity contribution in [3.63, 3.8) is 0 Å². The van der Waals surface area contributed by atoms with Crippen molar-refractivity contribution in [2.45, 2.75) is 26.3 Å². The first-order valence-electron chi connectivity index (χ1n) is 6.36. The van der Waals surface area contributed by atoms with Crippen LogP contribution in [-0.2, 0) is 6.42 Å². The zero-order chi connectivity index (χ0) is 13.3. The van der Waals surface area contributed by atoms with Crippen molar-refractivity contribution in [1.29, 1.82) is 0 Å². The summed E-state index contributed by atoms with van der Waals surface area (Å²) < 4.78 is 0.